The predicted octanol–water partition coefficient (Wildman–Crippen LogP) is 2.21. The van der Waals surface area contributed by atoms with Gasteiger partial charge in [-0.2, -0.15) is 0 Å². The van der Waals surface area contributed by atoms with Crippen molar-refractivity contribution in [2.75, 3.05) is 6.61 Å². The SMILES string of the molecule is O=C1CCC2(C(F)F)OC[C@@H](Cc3ccccc3)N12. The van der Waals surface area contributed by atoms with Crippen molar-refractivity contribution in [1.29, 1.82) is 0 Å². The summed E-state index contributed by atoms with van der Waals surface area (Å²) in [4.78, 5) is 13.2. The minimum absolute atomic E-state index is 0.0921. The highest BCUT2D eigenvalue weighted by molar-refractivity contribution is 5.80. The van der Waals surface area contributed by atoms with E-state index in [1.165, 1.54) is 4.90 Å². The average molecular weight is 267 g/mol. The maximum atomic E-state index is 13.3. The number of carbonyl (C=O) groups is 1. The Balaban J connectivity index is 1.83. The van der Waals surface area contributed by atoms with E-state index in [9.17, 15) is 13.6 Å². The van der Waals surface area contributed by atoms with E-state index in [0.29, 0.717) is 6.42 Å². The Morgan fingerprint density at radius 1 is 1.37 bits per heavy atom. The summed E-state index contributed by atoms with van der Waals surface area (Å²) in [5.41, 5.74) is -0.642. The second kappa shape index (κ2) is 4.56. The van der Waals surface area contributed by atoms with Crippen LogP contribution in [-0.4, -0.2) is 35.6 Å². The molecule has 0 bridgehead atoms. The number of carbonyl (C=O) groups excluding carboxylic acids is 1. The molecule has 19 heavy (non-hydrogen) atoms. The number of fused-ring (bicyclic) bond motifs is 1. The summed E-state index contributed by atoms with van der Waals surface area (Å²) in [5.74, 6) is -0.223. The second-order valence-electron chi connectivity index (χ2n) is 5.06. The lowest BCUT2D eigenvalue weighted by Gasteiger charge is -2.32. The quantitative estimate of drug-likeness (QED) is 0.840. The van der Waals surface area contributed by atoms with E-state index in [2.05, 4.69) is 0 Å². The Bertz CT molecular complexity index is 480. The molecular formula is C14H15F2NO2. The molecule has 2 atom stereocenters. The van der Waals surface area contributed by atoms with Gasteiger partial charge in [-0.1, -0.05) is 30.3 Å². The van der Waals surface area contributed by atoms with Crippen LogP contribution in [0.15, 0.2) is 30.3 Å². The zero-order valence-electron chi connectivity index (χ0n) is 10.4. The van der Waals surface area contributed by atoms with Crippen molar-refractivity contribution in [2.45, 2.75) is 37.5 Å². The fourth-order valence-corrected chi connectivity index (χ4v) is 3.02. The molecule has 0 saturated carbocycles. The van der Waals surface area contributed by atoms with Crippen LogP contribution < -0.4 is 0 Å². The number of alkyl halides is 2. The van der Waals surface area contributed by atoms with Gasteiger partial charge in [0.15, 0.2) is 0 Å². The highest BCUT2D eigenvalue weighted by atomic mass is 19.3. The first-order valence-electron chi connectivity index (χ1n) is 6.42. The highest BCUT2D eigenvalue weighted by Crippen LogP contribution is 2.43. The zero-order chi connectivity index (χ0) is 13.5. The van der Waals surface area contributed by atoms with Crippen molar-refractivity contribution in [3.63, 3.8) is 0 Å². The van der Waals surface area contributed by atoms with Crippen LogP contribution in [0.4, 0.5) is 8.78 Å². The van der Waals surface area contributed by atoms with Gasteiger partial charge in [0.05, 0.1) is 12.6 Å². The highest BCUT2D eigenvalue weighted by Gasteiger charge is 2.59. The van der Waals surface area contributed by atoms with Gasteiger partial charge in [-0.25, -0.2) is 8.78 Å². The summed E-state index contributed by atoms with van der Waals surface area (Å²) in [7, 11) is 0. The molecule has 1 aromatic rings. The summed E-state index contributed by atoms with van der Waals surface area (Å²) in [5, 5.41) is 0. The van der Waals surface area contributed by atoms with E-state index in [4.69, 9.17) is 4.74 Å². The molecule has 2 fully saturated rings. The van der Waals surface area contributed by atoms with Gasteiger partial charge in [-0.15, -0.1) is 0 Å². The molecule has 5 heteroatoms. The average Bonchev–Trinajstić information content (AvgIpc) is 2.92. The summed E-state index contributed by atoms with van der Waals surface area (Å²) < 4.78 is 31.8. The molecule has 1 amide bonds. The first kappa shape index (κ1) is 12.5. The summed E-state index contributed by atoms with van der Waals surface area (Å²) >= 11 is 0. The molecule has 0 radical (unpaired) electrons. The van der Waals surface area contributed by atoms with Gasteiger partial charge >= 0.3 is 0 Å². The molecule has 3 nitrogen and oxygen atoms in total. The van der Waals surface area contributed by atoms with E-state index in [-0.39, 0.29) is 31.4 Å². The van der Waals surface area contributed by atoms with Crippen molar-refractivity contribution < 1.29 is 18.3 Å². The minimum Gasteiger partial charge on any atom is -0.348 e. The van der Waals surface area contributed by atoms with Gasteiger partial charge < -0.3 is 9.64 Å². The van der Waals surface area contributed by atoms with Crippen LogP contribution in [-0.2, 0) is 16.0 Å². The van der Waals surface area contributed by atoms with Gasteiger partial charge in [0, 0.05) is 12.8 Å². The van der Waals surface area contributed by atoms with E-state index < -0.39 is 12.2 Å². The van der Waals surface area contributed by atoms with Gasteiger partial charge in [0.2, 0.25) is 11.6 Å². The molecule has 0 aromatic heterocycles. The molecule has 102 valence electrons. The maximum absolute atomic E-state index is 13.3. The van der Waals surface area contributed by atoms with Crippen LogP contribution in [0.2, 0.25) is 0 Å². The third kappa shape index (κ3) is 1.92. The van der Waals surface area contributed by atoms with E-state index in [0.717, 1.165) is 5.56 Å². The first-order chi connectivity index (χ1) is 9.13. The van der Waals surface area contributed by atoms with Crippen molar-refractivity contribution in [1.82, 2.24) is 4.90 Å². The van der Waals surface area contributed by atoms with Crippen molar-refractivity contribution in [3.8, 4) is 0 Å². The number of hydrogen-bond donors (Lipinski definition) is 0. The zero-order valence-corrected chi connectivity index (χ0v) is 10.4. The molecule has 0 N–H and O–H groups in total. The molecule has 2 heterocycles. The maximum Gasteiger partial charge on any atom is 0.285 e. The molecule has 1 aromatic carbocycles. The Hall–Kier alpha value is -1.49. The third-order valence-corrected chi connectivity index (χ3v) is 3.92. The first-order valence-corrected chi connectivity index (χ1v) is 6.42. The standard InChI is InChI=1S/C14H15F2NO2/c15-13(16)14-7-6-12(18)17(14)11(9-19-14)8-10-4-2-1-3-5-10/h1-5,11,13H,6-9H2/t11-,14?/m1/s1. The molecule has 2 aliphatic heterocycles. The van der Waals surface area contributed by atoms with Gasteiger partial charge in [0.1, 0.15) is 0 Å². The van der Waals surface area contributed by atoms with Crippen LogP contribution in [0, 0.1) is 0 Å². The van der Waals surface area contributed by atoms with Crippen LogP contribution in [0.5, 0.6) is 0 Å². The summed E-state index contributed by atoms with van der Waals surface area (Å²) in [6.45, 7) is 0.185. The van der Waals surface area contributed by atoms with Gasteiger partial charge in [-0.05, 0) is 12.0 Å². The largest absolute Gasteiger partial charge is 0.348 e. The number of amides is 1. The Kier molecular flexibility index (Phi) is 3.01. The predicted molar refractivity (Wildman–Crippen MR) is 64.7 cm³/mol. The van der Waals surface area contributed by atoms with E-state index in [1.807, 2.05) is 30.3 Å². The van der Waals surface area contributed by atoms with Crippen molar-refractivity contribution in [3.05, 3.63) is 35.9 Å². The van der Waals surface area contributed by atoms with Gasteiger partial charge in [-0.3, -0.25) is 4.79 Å². The van der Waals surface area contributed by atoms with Crippen LogP contribution in [0.3, 0.4) is 0 Å². The smallest absolute Gasteiger partial charge is 0.285 e. The molecule has 0 spiro atoms. The topological polar surface area (TPSA) is 29.5 Å². The lowest BCUT2D eigenvalue weighted by Crippen LogP contribution is -2.50. The van der Waals surface area contributed by atoms with Crippen LogP contribution >= 0.6 is 0 Å². The Morgan fingerprint density at radius 2 is 2.11 bits per heavy atom. The monoisotopic (exact) mass is 267 g/mol. The van der Waals surface area contributed by atoms with E-state index in [1.54, 1.807) is 0 Å². The van der Waals surface area contributed by atoms with Gasteiger partial charge in [0.25, 0.3) is 6.43 Å². The molecule has 1 unspecified atom stereocenters. The van der Waals surface area contributed by atoms with Crippen molar-refractivity contribution >= 4 is 5.91 Å². The second-order valence-corrected chi connectivity index (χ2v) is 5.06. The normalized spacial score (nSPS) is 30.2. The molecule has 2 aliphatic rings. The fourth-order valence-electron chi connectivity index (χ4n) is 3.02. The lowest BCUT2D eigenvalue weighted by molar-refractivity contribution is -0.171. The fraction of sp³-hybridized carbons (Fsp3) is 0.500. The molecule has 3 rings (SSSR count). The summed E-state index contributed by atoms with van der Waals surface area (Å²) in [6.07, 6.45) is -1.86. The van der Waals surface area contributed by atoms with Crippen LogP contribution in [0.25, 0.3) is 0 Å². The number of rotatable bonds is 3. The third-order valence-electron chi connectivity index (χ3n) is 3.92. The molecular weight excluding hydrogens is 252 g/mol. The summed E-state index contributed by atoms with van der Waals surface area (Å²) in [6, 6.07) is 9.28. The number of ether oxygens (including phenoxy) is 1. The number of benzene rings is 1. The lowest BCUT2D eigenvalue weighted by atomic mass is 10.1. The van der Waals surface area contributed by atoms with Crippen LogP contribution in [0.1, 0.15) is 18.4 Å². The number of hydrogen-bond acceptors (Lipinski definition) is 2. The Labute approximate surface area is 110 Å². The molecule has 0 aliphatic carbocycles. The number of halogens is 2. The Morgan fingerprint density at radius 3 is 2.79 bits per heavy atom. The van der Waals surface area contributed by atoms with Crippen molar-refractivity contribution in [2.24, 2.45) is 0 Å². The number of nitrogens with zero attached hydrogens (tertiary/aromatic N) is 1. The van der Waals surface area contributed by atoms with E-state index >= 15 is 0 Å². The minimum atomic E-state index is -2.65. The molecule has 2 saturated heterocycles.